The molecule has 11 heteroatoms. The van der Waals surface area contributed by atoms with Crippen LogP contribution in [-0.2, 0) is 11.3 Å². The lowest BCUT2D eigenvalue weighted by Crippen LogP contribution is -2.43. The van der Waals surface area contributed by atoms with Crippen molar-refractivity contribution in [1.29, 1.82) is 0 Å². The van der Waals surface area contributed by atoms with Gasteiger partial charge in [-0.2, -0.15) is 0 Å². The highest BCUT2D eigenvalue weighted by molar-refractivity contribution is 5.79. The number of rotatable bonds is 4. The van der Waals surface area contributed by atoms with Crippen molar-refractivity contribution < 1.29 is 29.0 Å². The zero-order chi connectivity index (χ0) is 20.0. The fourth-order valence-electron chi connectivity index (χ4n) is 3.25. The molecule has 1 aliphatic heterocycles. The van der Waals surface area contributed by atoms with Crippen LogP contribution in [0.3, 0.4) is 0 Å². The summed E-state index contributed by atoms with van der Waals surface area (Å²) in [6, 6.07) is 5.21. The highest BCUT2D eigenvalue weighted by Crippen LogP contribution is 2.28. The molecule has 1 aliphatic rings. The third-order valence-corrected chi connectivity index (χ3v) is 4.71. The Morgan fingerprint density at radius 1 is 1.18 bits per heavy atom. The van der Waals surface area contributed by atoms with Gasteiger partial charge in [-0.25, -0.2) is 9.18 Å². The van der Waals surface area contributed by atoms with E-state index in [1.165, 1.54) is 18.2 Å². The van der Waals surface area contributed by atoms with Crippen LogP contribution in [0.25, 0.3) is 11.0 Å². The van der Waals surface area contributed by atoms with E-state index in [1.807, 2.05) is 0 Å². The van der Waals surface area contributed by atoms with Gasteiger partial charge < -0.3 is 24.6 Å². The van der Waals surface area contributed by atoms with Crippen molar-refractivity contribution in [3.05, 3.63) is 62.8 Å². The molecule has 2 aromatic heterocycles. The Bertz CT molecular complexity index is 1140. The summed E-state index contributed by atoms with van der Waals surface area (Å²) in [4.78, 5) is 25.0. The molecule has 0 bridgehead atoms. The second-order valence-corrected chi connectivity index (χ2v) is 6.40. The first-order valence-electron chi connectivity index (χ1n) is 8.39. The average Bonchev–Trinajstić information content (AvgIpc) is 3.22. The Balaban J connectivity index is 1.76. The Labute approximate surface area is 155 Å². The van der Waals surface area contributed by atoms with E-state index in [2.05, 4.69) is 5.16 Å². The Hall–Kier alpha value is -2.86. The van der Waals surface area contributed by atoms with E-state index in [-0.39, 0.29) is 23.2 Å². The second-order valence-electron chi connectivity index (χ2n) is 6.40. The van der Waals surface area contributed by atoms with Crippen LogP contribution in [0.15, 0.2) is 44.6 Å². The number of aliphatic hydroxyl groups is 3. The topological polar surface area (TPSA) is 140 Å². The molecule has 1 unspecified atom stereocenters. The van der Waals surface area contributed by atoms with Gasteiger partial charge in [-0.1, -0.05) is 11.2 Å². The SMILES string of the molecule is O=c1ccn([C@@H]2O[C@H](CO)[C@H](O)C2O)c(=O)n1Cc1noc2cccc(F)c12. The lowest BCUT2D eigenvalue weighted by Gasteiger charge is -2.18. The van der Waals surface area contributed by atoms with Gasteiger partial charge in [-0.05, 0) is 12.1 Å². The zero-order valence-electron chi connectivity index (χ0n) is 14.3. The first-order valence-corrected chi connectivity index (χ1v) is 8.39. The van der Waals surface area contributed by atoms with E-state index in [4.69, 9.17) is 9.26 Å². The standard InChI is InChI=1S/C17H16FN3O7/c18-8-2-1-3-10-13(8)9(19-28-10)6-21-12(23)4-5-20(17(21)26)16-15(25)14(24)11(7-22)27-16/h1-5,11,14-16,22,24-25H,6-7H2/t11-,14+,15?,16-/m1/s1. The lowest BCUT2D eigenvalue weighted by atomic mass is 10.1. The zero-order valence-corrected chi connectivity index (χ0v) is 14.3. The lowest BCUT2D eigenvalue weighted by molar-refractivity contribution is -0.0555. The van der Waals surface area contributed by atoms with E-state index in [0.717, 1.165) is 21.4 Å². The number of aromatic nitrogens is 3. The number of aliphatic hydroxyl groups excluding tert-OH is 3. The second kappa shape index (κ2) is 6.95. The van der Waals surface area contributed by atoms with Crippen LogP contribution < -0.4 is 11.2 Å². The van der Waals surface area contributed by atoms with Crippen LogP contribution >= 0.6 is 0 Å². The number of fused-ring (bicyclic) bond motifs is 1. The van der Waals surface area contributed by atoms with Gasteiger partial charge in [0.05, 0.1) is 18.5 Å². The van der Waals surface area contributed by atoms with E-state index in [9.17, 15) is 29.3 Å². The van der Waals surface area contributed by atoms with Crippen molar-refractivity contribution in [3.63, 3.8) is 0 Å². The Morgan fingerprint density at radius 3 is 2.68 bits per heavy atom. The first-order chi connectivity index (χ1) is 13.4. The van der Waals surface area contributed by atoms with Gasteiger partial charge in [-0.3, -0.25) is 13.9 Å². The maximum atomic E-state index is 14.1. The van der Waals surface area contributed by atoms with Gasteiger partial charge in [0.2, 0.25) is 0 Å². The summed E-state index contributed by atoms with van der Waals surface area (Å²) in [5.74, 6) is -0.610. The van der Waals surface area contributed by atoms with Gasteiger partial charge in [0.15, 0.2) is 11.8 Å². The minimum Gasteiger partial charge on any atom is -0.394 e. The summed E-state index contributed by atoms with van der Waals surface area (Å²) in [6.07, 6.45) is -4.18. The van der Waals surface area contributed by atoms with Crippen molar-refractivity contribution >= 4 is 11.0 Å². The van der Waals surface area contributed by atoms with Crippen molar-refractivity contribution in [3.8, 4) is 0 Å². The normalized spacial score (nSPS) is 24.9. The summed E-state index contributed by atoms with van der Waals surface area (Å²) in [6.45, 7) is -0.936. The van der Waals surface area contributed by atoms with Crippen LogP contribution in [0.2, 0.25) is 0 Å². The van der Waals surface area contributed by atoms with Crippen molar-refractivity contribution in [2.45, 2.75) is 31.1 Å². The minimum atomic E-state index is -1.49. The van der Waals surface area contributed by atoms with Gasteiger partial charge in [0.1, 0.15) is 29.8 Å². The van der Waals surface area contributed by atoms with Gasteiger partial charge in [0.25, 0.3) is 5.56 Å². The first kappa shape index (κ1) is 18.5. The number of halogens is 1. The monoisotopic (exact) mass is 393 g/mol. The minimum absolute atomic E-state index is 0.0474. The third-order valence-electron chi connectivity index (χ3n) is 4.71. The number of hydrogen-bond donors (Lipinski definition) is 3. The van der Waals surface area contributed by atoms with Crippen LogP contribution in [-0.4, -0.2) is 54.5 Å². The average molecular weight is 393 g/mol. The molecule has 0 amide bonds. The molecule has 4 atom stereocenters. The fraction of sp³-hybridized carbons (Fsp3) is 0.353. The van der Waals surface area contributed by atoms with Crippen molar-refractivity contribution in [2.75, 3.05) is 6.61 Å². The van der Waals surface area contributed by atoms with Crippen molar-refractivity contribution in [1.82, 2.24) is 14.3 Å². The van der Waals surface area contributed by atoms with Crippen LogP contribution in [0.5, 0.6) is 0 Å². The number of hydrogen-bond acceptors (Lipinski definition) is 8. The summed E-state index contributed by atoms with van der Waals surface area (Å²) >= 11 is 0. The number of ether oxygens (including phenoxy) is 1. The molecule has 0 radical (unpaired) electrons. The largest absolute Gasteiger partial charge is 0.394 e. The molecule has 3 aromatic rings. The van der Waals surface area contributed by atoms with E-state index in [1.54, 1.807) is 0 Å². The van der Waals surface area contributed by atoms with Crippen LogP contribution in [0.1, 0.15) is 11.9 Å². The summed E-state index contributed by atoms with van der Waals surface area (Å²) in [7, 11) is 0. The molecule has 0 aliphatic carbocycles. The predicted octanol–water partition coefficient (Wildman–Crippen LogP) is -1.05. The molecule has 10 nitrogen and oxygen atoms in total. The number of benzene rings is 1. The maximum Gasteiger partial charge on any atom is 0.333 e. The smallest absolute Gasteiger partial charge is 0.333 e. The molecule has 4 rings (SSSR count). The molecule has 0 spiro atoms. The third kappa shape index (κ3) is 2.85. The molecule has 0 saturated carbocycles. The highest BCUT2D eigenvalue weighted by Gasteiger charge is 2.43. The molecule has 1 saturated heterocycles. The Kier molecular flexibility index (Phi) is 4.59. The Morgan fingerprint density at radius 2 is 1.96 bits per heavy atom. The van der Waals surface area contributed by atoms with Crippen LogP contribution in [0.4, 0.5) is 4.39 Å². The molecule has 3 heterocycles. The molecule has 3 N–H and O–H groups in total. The summed E-state index contributed by atoms with van der Waals surface area (Å²) in [5, 5.41) is 33.0. The van der Waals surface area contributed by atoms with Crippen molar-refractivity contribution in [2.24, 2.45) is 0 Å². The van der Waals surface area contributed by atoms with E-state index >= 15 is 0 Å². The van der Waals surface area contributed by atoms with Gasteiger partial charge in [-0.15, -0.1) is 0 Å². The maximum absolute atomic E-state index is 14.1. The molecule has 148 valence electrons. The van der Waals surface area contributed by atoms with E-state index in [0.29, 0.717) is 0 Å². The quantitative estimate of drug-likeness (QED) is 0.510. The van der Waals surface area contributed by atoms with E-state index < -0.39 is 48.2 Å². The predicted molar refractivity (Wildman–Crippen MR) is 91.0 cm³/mol. The highest BCUT2D eigenvalue weighted by atomic mass is 19.1. The summed E-state index contributed by atoms with van der Waals surface area (Å²) in [5.41, 5.74) is -1.33. The van der Waals surface area contributed by atoms with Gasteiger partial charge in [0, 0.05) is 12.3 Å². The molecule has 1 fully saturated rings. The molecule has 28 heavy (non-hydrogen) atoms. The molecule has 1 aromatic carbocycles. The molecular formula is C17H16FN3O7. The molecular weight excluding hydrogens is 377 g/mol. The van der Waals surface area contributed by atoms with Gasteiger partial charge >= 0.3 is 5.69 Å². The fourth-order valence-corrected chi connectivity index (χ4v) is 3.25. The number of nitrogens with zero attached hydrogens (tertiary/aromatic N) is 3. The summed E-state index contributed by atoms with van der Waals surface area (Å²) < 4.78 is 26.2. The van der Waals surface area contributed by atoms with Crippen LogP contribution in [0, 0.1) is 5.82 Å².